The summed E-state index contributed by atoms with van der Waals surface area (Å²) >= 11 is 0. The molecule has 1 aliphatic heterocycles. The summed E-state index contributed by atoms with van der Waals surface area (Å²) < 4.78 is 20.0. The second-order valence-corrected chi connectivity index (χ2v) is 5.90. The van der Waals surface area contributed by atoms with Crippen LogP contribution >= 0.6 is 0 Å². The summed E-state index contributed by atoms with van der Waals surface area (Å²) in [5.74, 6) is -2.38. The van der Waals surface area contributed by atoms with Gasteiger partial charge in [0.25, 0.3) is 11.5 Å². The molecule has 1 fully saturated rings. The molecule has 8 nitrogen and oxygen atoms in total. The van der Waals surface area contributed by atoms with Gasteiger partial charge >= 0.3 is 5.97 Å². The lowest BCUT2D eigenvalue weighted by Gasteiger charge is -2.34. The van der Waals surface area contributed by atoms with Gasteiger partial charge in [0.15, 0.2) is 6.10 Å². The highest BCUT2D eigenvalue weighted by Crippen LogP contribution is 2.15. The van der Waals surface area contributed by atoms with Crippen molar-refractivity contribution in [3.05, 3.63) is 58.3 Å². The summed E-state index contributed by atoms with van der Waals surface area (Å²) in [4.78, 5) is 37.2. The van der Waals surface area contributed by atoms with E-state index in [0.717, 1.165) is 10.7 Å². The minimum absolute atomic E-state index is 0.0779. The van der Waals surface area contributed by atoms with Crippen LogP contribution in [0, 0.1) is 5.82 Å². The first-order valence-corrected chi connectivity index (χ1v) is 7.89. The van der Waals surface area contributed by atoms with Crippen molar-refractivity contribution in [2.24, 2.45) is 0 Å². The molecule has 0 aliphatic carbocycles. The summed E-state index contributed by atoms with van der Waals surface area (Å²) in [5.41, 5.74) is -0.762. The predicted molar refractivity (Wildman–Crippen MR) is 87.7 cm³/mol. The number of carboxylic acids is 1. The molecule has 2 aromatic rings. The predicted octanol–water partition coefficient (Wildman–Crippen LogP) is 0.686. The smallest absolute Gasteiger partial charge is 0.334 e. The van der Waals surface area contributed by atoms with E-state index in [0.29, 0.717) is 0 Å². The second kappa shape index (κ2) is 7.04. The number of hydrogen-bond donors (Lipinski definition) is 1. The van der Waals surface area contributed by atoms with E-state index >= 15 is 0 Å². The normalized spacial score (nSPS) is 20.0. The van der Waals surface area contributed by atoms with Crippen molar-refractivity contribution in [2.75, 3.05) is 13.1 Å². The number of ether oxygens (including phenoxy) is 1. The number of amides is 1. The van der Waals surface area contributed by atoms with Crippen molar-refractivity contribution in [1.29, 1.82) is 0 Å². The molecule has 136 valence electrons. The Bertz CT molecular complexity index is 913. The van der Waals surface area contributed by atoms with Crippen LogP contribution in [0.5, 0.6) is 0 Å². The van der Waals surface area contributed by atoms with Crippen LogP contribution in [-0.4, -0.2) is 57.0 Å². The monoisotopic (exact) mass is 361 g/mol. The lowest BCUT2D eigenvalue weighted by atomic mass is 10.2. The number of carbonyl (C=O) groups is 2. The highest BCUT2D eigenvalue weighted by Gasteiger charge is 2.33. The Balaban J connectivity index is 1.93. The molecule has 1 unspecified atom stereocenters. The number of carboxylic acid groups (broad SMARTS) is 1. The van der Waals surface area contributed by atoms with Crippen LogP contribution in [0.4, 0.5) is 4.39 Å². The molecule has 0 spiro atoms. The van der Waals surface area contributed by atoms with Crippen LogP contribution in [-0.2, 0) is 9.53 Å². The van der Waals surface area contributed by atoms with Gasteiger partial charge in [-0.15, -0.1) is 0 Å². The zero-order chi connectivity index (χ0) is 18.8. The zero-order valence-corrected chi connectivity index (χ0v) is 13.8. The highest BCUT2D eigenvalue weighted by molar-refractivity contribution is 5.92. The number of carbonyl (C=O) groups excluding carboxylic acids is 1. The van der Waals surface area contributed by atoms with Gasteiger partial charge in [-0.1, -0.05) is 12.1 Å². The molecule has 9 heteroatoms. The van der Waals surface area contributed by atoms with Crippen LogP contribution in [0.15, 0.2) is 41.2 Å². The van der Waals surface area contributed by atoms with Gasteiger partial charge in [-0.05, 0) is 25.1 Å². The number of halogens is 1. The van der Waals surface area contributed by atoms with Gasteiger partial charge in [0.2, 0.25) is 0 Å². The van der Waals surface area contributed by atoms with E-state index in [1.54, 1.807) is 13.0 Å². The largest absolute Gasteiger partial charge is 0.479 e. The van der Waals surface area contributed by atoms with Crippen molar-refractivity contribution in [3.63, 3.8) is 0 Å². The lowest BCUT2D eigenvalue weighted by molar-refractivity contribution is -0.160. The van der Waals surface area contributed by atoms with Gasteiger partial charge in [-0.2, -0.15) is 9.78 Å². The molecule has 2 atom stereocenters. The van der Waals surface area contributed by atoms with Gasteiger partial charge in [0.05, 0.1) is 12.6 Å². The third-order valence-electron chi connectivity index (χ3n) is 3.92. The first kappa shape index (κ1) is 17.7. The SMILES string of the molecule is C[C@@H]1CN(C(=O)c2ccc(=O)n(-c3ccccc3F)n2)CC(C(=O)O)O1. The van der Waals surface area contributed by atoms with E-state index in [4.69, 9.17) is 9.84 Å². The summed E-state index contributed by atoms with van der Waals surface area (Å²) in [6, 6.07) is 7.92. The molecule has 1 aromatic carbocycles. The van der Waals surface area contributed by atoms with Gasteiger partial charge in [0, 0.05) is 12.6 Å². The minimum atomic E-state index is -1.17. The molecule has 0 saturated carbocycles. The maximum absolute atomic E-state index is 14.0. The molecule has 1 aromatic heterocycles. The summed E-state index contributed by atoms with van der Waals surface area (Å²) in [5, 5.41) is 13.1. The molecular formula is C17H16FN3O5. The highest BCUT2D eigenvalue weighted by atomic mass is 19.1. The van der Waals surface area contributed by atoms with Crippen molar-refractivity contribution in [2.45, 2.75) is 19.1 Å². The summed E-state index contributed by atoms with van der Waals surface area (Å²) in [7, 11) is 0. The van der Waals surface area contributed by atoms with Crippen LogP contribution in [0.3, 0.4) is 0 Å². The molecule has 1 amide bonds. The molecular weight excluding hydrogens is 345 g/mol. The van der Waals surface area contributed by atoms with Crippen molar-refractivity contribution >= 4 is 11.9 Å². The number of para-hydroxylation sites is 1. The van der Waals surface area contributed by atoms with E-state index in [9.17, 15) is 18.8 Å². The molecule has 0 radical (unpaired) electrons. The second-order valence-electron chi connectivity index (χ2n) is 5.90. The van der Waals surface area contributed by atoms with Crippen LogP contribution < -0.4 is 5.56 Å². The molecule has 3 rings (SSSR count). The first-order valence-electron chi connectivity index (χ1n) is 7.89. The maximum Gasteiger partial charge on any atom is 0.334 e. The molecule has 2 heterocycles. The first-order chi connectivity index (χ1) is 12.4. The average molecular weight is 361 g/mol. The van der Waals surface area contributed by atoms with Gasteiger partial charge in [-0.3, -0.25) is 9.59 Å². The quantitative estimate of drug-likeness (QED) is 0.863. The Kier molecular flexibility index (Phi) is 4.81. The third kappa shape index (κ3) is 3.47. The van der Waals surface area contributed by atoms with Crippen LogP contribution in [0.2, 0.25) is 0 Å². The number of aliphatic carboxylic acids is 1. The summed E-state index contributed by atoms with van der Waals surface area (Å²) in [6.07, 6.45) is -1.61. The Morgan fingerprint density at radius 2 is 1.96 bits per heavy atom. The fraction of sp³-hybridized carbons (Fsp3) is 0.294. The number of nitrogens with zero attached hydrogens (tertiary/aromatic N) is 3. The Morgan fingerprint density at radius 1 is 1.23 bits per heavy atom. The fourth-order valence-electron chi connectivity index (χ4n) is 2.74. The van der Waals surface area contributed by atoms with Crippen molar-refractivity contribution in [3.8, 4) is 5.69 Å². The Labute approximate surface area is 147 Å². The van der Waals surface area contributed by atoms with Crippen LogP contribution in [0.1, 0.15) is 17.4 Å². The standard InChI is InChI=1S/C17H16FN3O5/c1-10-8-20(9-14(26-10)17(24)25)16(23)12-6-7-15(22)21(19-12)13-5-3-2-4-11(13)18/h2-7,10,14H,8-9H2,1H3,(H,24,25)/t10-,14?/m1/s1. The summed E-state index contributed by atoms with van der Waals surface area (Å²) in [6.45, 7) is 1.70. The molecule has 1 saturated heterocycles. The van der Waals surface area contributed by atoms with E-state index in [2.05, 4.69) is 5.10 Å². The van der Waals surface area contributed by atoms with E-state index < -0.39 is 35.5 Å². The minimum Gasteiger partial charge on any atom is -0.479 e. The number of hydrogen-bond acceptors (Lipinski definition) is 5. The number of rotatable bonds is 3. The Hall–Kier alpha value is -3.07. The van der Waals surface area contributed by atoms with Crippen LogP contribution in [0.25, 0.3) is 5.69 Å². The lowest BCUT2D eigenvalue weighted by Crippen LogP contribution is -2.52. The van der Waals surface area contributed by atoms with E-state index in [1.165, 1.54) is 29.2 Å². The van der Waals surface area contributed by atoms with Gasteiger partial charge < -0.3 is 14.7 Å². The third-order valence-corrected chi connectivity index (χ3v) is 3.92. The van der Waals surface area contributed by atoms with Gasteiger partial charge in [-0.25, -0.2) is 9.18 Å². The molecule has 1 aliphatic rings. The van der Waals surface area contributed by atoms with Crippen molar-refractivity contribution < 1.29 is 23.8 Å². The van der Waals surface area contributed by atoms with E-state index in [1.807, 2.05) is 0 Å². The number of benzene rings is 1. The molecule has 1 N–H and O–H groups in total. The maximum atomic E-state index is 14.0. The van der Waals surface area contributed by atoms with Crippen molar-refractivity contribution in [1.82, 2.24) is 14.7 Å². The zero-order valence-electron chi connectivity index (χ0n) is 13.8. The van der Waals surface area contributed by atoms with E-state index in [-0.39, 0.29) is 24.5 Å². The molecule has 26 heavy (non-hydrogen) atoms. The average Bonchev–Trinajstić information content (AvgIpc) is 2.61. The Morgan fingerprint density at radius 3 is 2.65 bits per heavy atom. The molecule has 0 bridgehead atoms. The number of morpholine rings is 1. The van der Waals surface area contributed by atoms with Gasteiger partial charge in [0.1, 0.15) is 17.2 Å². The fourth-order valence-corrected chi connectivity index (χ4v) is 2.74. The topological polar surface area (TPSA) is 102 Å². The number of aromatic nitrogens is 2.